The van der Waals surface area contributed by atoms with E-state index < -0.39 is 0 Å². The molecule has 28 heavy (non-hydrogen) atoms. The molecule has 152 valence electrons. The summed E-state index contributed by atoms with van der Waals surface area (Å²) in [5.74, 6) is 1.23. The molecule has 9 heteroatoms. The first-order chi connectivity index (χ1) is 13.5. The largest absolute Gasteiger partial charge is 0.368 e. The Bertz CT molecular complexity index is 856. The molecule has 0 bridgehead atoms. The van der Waals surface area contributed by atoms with Crippen molar-refractivity contribution < 1.29 is 0 Å². The summed E-state index contributed by atoms with van der Waals surface area (Å²) in [4.78, 5) is 24.3. The zero-order chi connectivity index (χ0) is 19.7. The first kappa shape index (κ1) is 19.3. The van der Waals surface area contributed by atoms with E-state index in [0.29, 0.717) is 5.92 Å². The third-order valence-corrected chi connectivity index (χ3v) is 6.43. The van der Waals surface area contributed by atoms with Crippen LogP contribution in [0, 0.1) is 0 Å². The van der Waals surface area contributed by atoms with E-state index in [1.165, 1.54) is 11.5 Å². The normalized spacial score (nSPS) is 21.5. The van der Waals surface area contributed by atoms with Gasteiger partial charge in [0.2, 0.25) is 5.13 Å². The summed E-state index contributed by atoms with van der Waals surface area (Å²) in [6.07, 6.45) is 3.84. The van der Waals surface area contributed by atoms with Gasteiger partial charge < -0.3 is 14.7 Å². The maximum absolute atomic E-state index is 12.8. The molecular formula is C19H29N7OS. The van der Waals surface area contributed by atoms with Gasteiger partial charge in [-0.15, -0.1) is 0 Å². The van der Waals surface area contributed by atoms with Gasteiger partial charge in [-0.3, -0.25) is 4.79 Å². The van der Waals surface area contributed by atoms with Crippen molar-refractivity contribution in [2.24, 2.45) is 0 Å². The second-order valence-electron chi connectivity index (χ2n) is 8.12. The molecule has 0 aromatic carbocycles. The Morgan fingerprint density at radius 3 is 2.61 bits per heavy atom. The monoisotopic (exact) mass is 403 g/mol. The number of hydrogen-bond donors (Lipinski definition) is 0. The predicted octanol–water partition coefficient (Wildman–Crippen LogP) is 1.81. The van der Waals surface area contributed by atoms with Crippen LogP contribution in [0.3, 0.4) is 0 Å². The van der Waals surface area contributed by atoms with Crippen LogP contribution in [0.25, 0.3) is 0 Å². The van der Waals surface area contributed by atoms with Crippen molar-refractivity contribution in [1.82, 2.24) is 24.0 Å². The van der Waals surface area contributed by atoms with E-state index in [1.807, 2.05) is 6.20 Å². The summed E-state index contributed by atoms with van der Waals surface area (Å²) < 4.78 is 6.13. The van der Waals surface area contributed by atoms with Crippen molar-refractivity contribution >= 4 is 22.4 Å². The first-order valence-electron chi connectivity index (χ1n) is 10.1. The summed E-state index contributed by atoms with van der Waals surface area (Å²) in [6.45, 7) is 9.83. The number of aromatic nitrogens is 4. The van der Waals surface area contributed by atoms with Gasteiger partial charge >= 0.3 is 0 Å². The minimum absolute atomic E-state index is 0.0107. The number of hydrogen-bond acceptors (Lipinski definition) is 8. The fourth-order valence-electron chi connectivity index (χ4n) is 3.84. The third kappa shape index (κ3) is 4.05. The van der Waals surface area contributed by atoms with Crippen LogP contribution in [-0.4, -0.2) is 70.4 Å². The predicted molar refractivity (Wildman–Crippen MR) is 113 cm³/mol. The van der Waals surface area contributed by atoms with Gasteiger partial charge in [-0.25, -0.2) is 9.67 Å². The topological polar surface area (TPSA) is 70.4 Å². The standard InChI is InChI=1S/C19H29N7OS/c1-14(2)18-21-19(28-22-18)25-6-4-5-15(13-25)26-17(27)11-16(12-20-26)24-9-7-23(3)8-10-24/h11-12,14-15H,4-10,13H2,1-3H3/t15-/m1/s1. The van der Waals surface area contributed by atoms with Gasteiger partial charge in [0.25, 0.3) is 5.56 Å². The van der Waals surface area contributed by atoms with Crippen LogP contribution in [0.2, 0.25) is 0 Å². The Balaban J connectivity index is 1.48. The van der Waals surface area contributed by atoms with Crippen LogP contribution < -0.4 is 15.4 Å². The molecule has 2 aromatic rings. The van der Waals surface area contributed by atoms with E-state index in [9.17, 15) is 4.79 Å². The zero-order valence-electron chi connectivity index (χ0n) is 16.9. The molecule has 2 aliphatic rings. The van der Waals surface area contributed by atoms with Crippen LogP contribution in [0.4, 0.5) is 10.8 Å². The van der Waals surface area contributed by atoms with Gasteiger partial charge in [-0.1, -0.05) is 13.8 Å². The second-order valence-corrected chi connectivity index (χ2v) is 8.85. The highest BCUT2D eigenvalue weighted by atomic mass is 32.1. The van der Waals surface area contributed by atoms with Crippen molar-refractivity contribution in [3.05, 3.63) is 28.4 Å². The fraction of sp³-hybridized carbons (Fsp3) is 0.684. The molecule has 2 saturated heterocycles. The quantitative estimate of drug-likeness (QED) is 0.771. The molecule has 4 heterocycles. The van der Waals surface area contributed by atoms with Crippen molar-refractivity contribution in [2.45, 2.75) is 38.6 Å². The molecule has 0 saturated carbocycles. The molecule has 0 spiro atoms. The summed E-state index contributed by atoms with van der Waals surface area (Å²) in [7, 11) is 2.13. The molecule has 0 aliphatic carbocycles. The molecule has 8 nitrogen and oxygen atoms in total. The molecule has 1 atom stereocenters. The Labute approximate surface area is 170 Å². The summed E-state index contributed by atoms with van der Waals surface area (Å²) >= 11 is 1.45. The van der Waals surface area contributed by atoms with Gasteiger partial charge in [-0.2, -0.15) is 9.47 Å². The van der Waals surface area contributed by atoms with E-state index in [1.54, 1.807) is 10.7 Å². The lowest BCUT2D eigenvalue weighted by Crippen LogP contribution is -2.45. The summed E-state index contributed by atoms with van der Waals surface area (Å²) in [6, 6.07) is 1.83. The summed E-state index contributed by atoms with van der Waals surface area (Å²) in [5.41, 5.74) is 0.927. The van der Waals surface area contributed by atoms with Crippen molar-refractivity contribution in [2.75, 3.05) is 56.1 Å². The van der Waals surface area contributed by atoms with E-state index >= 15 is 0 Å². The summed E-state index contributed by atoms with van der Waals surface area (Å²) in [5, 5.41) is 5.50. The van der Waals surface area contributed by atoms with E-state index in [-0.39, 0.29) is 11.6 Å². The molecule has 0 N–H and O–H groups in total. The Hall–Kier alpha value is -2.00. The average molecular weight is 404 g/mol. The van der Waals surface area contributed by atoms with E-state index in [0.717, 1.165) is 68.8 Å². The molecule has 2 aromatic heterocycles. The third-order valence-electron chi connectivity index (χ3n) is 5.64. The van der Waals surface area contributed by atoms with Crippen molar-refractivity contribution in [3.63, 3.8) is 0 Å². The van der Waals surface area contributed by atoms with Crippen LogP contribution in [0.1, 0.15) is 44.5 Å². The van der Waals surface area contributed by atoms with Crippen molar-refractivity contribution in [3.8, 4) is 0 Å². The average Bonchev–Trinajstić information content (AvgIpc) is 3.19. The smallest absolute Gasteiger partial charge is 0.269 e. The number of anilines is 2. The molecule has 2 fully saturated rings. The van der Waals surface area contributed by atoms with Gasteiger partial charge in [0, 0.05) is 62.8 Å². The van der Waals surface area contributed by atoms with Crippen LogP contribution in [0.5, 0.6) is 0 Å². The zero-order valence-corrected chi connectivity index (χ0v) is 17.7. The van der Waals surface area contributed by atoms with E-state index in [2.05, 4.69) is 50.1 Å². The minimum atomic E-state index is -0.0107. The highest BCUT2D eigenvalue weighted by molar-refractivity contribution is 7.09. The van der Waals surface area contributed by atoms with Crippen LogP contribution in [-0.2, 0) is 0 Å². The number of piperazine rings is 1. The first-order valence-corrected chi connectivity index (χ1v) is 10.9. The Morgan fingerprint density at radius 2 is 1.93 bits per heavy atom. The van der Waals surface area contributed by atoms with Gasteiger partial charge in [0.1, 0.15) is 5.82 Å². The maximum atomic E-state index is 12.8. The molecule has 0 unspecified atom stereocenters. The Morgan fingerprint density at radius 1 is 1.14 bits per heavy atom. The molecule has 4 rings (SSSR count). The minimum Gasteiger partial charge on any atom is -0.368 e. The van der Waals surface area contributed by atoms with Crippen molar-refractivity contribution in [1.29, 1.82) is 0 Å². The van der Waals surface area contributed by atoms with E-state index in [4.69, 9.17) is 0 Å². The lowest BCUT2D eigenvalue weighted by atomic mass is 10.1. The van der Waals surface area contributed by atoms with Gasteiger partial charge in [-0.05, 0) is 19.9 Å². The molecular weight excluding hydrogens is 374 g/mol. The lowest BCUT2D eigenvalue weighted by Gasteiger charge is -2.34. The Kier molecular flexibility index (Phi) is 5.63. The fourth-order valence-corrected chi connectivity index (χ4v) is 4.68. The molecule has 0 amide bonds. The number of piperidine rings is 1. The highest BCUT2D eigenvalue weighted by Gasteiger charge is 2.26. The van der Waals surface area contributed by atoms with Crippen LogP contribution in [0.15, 0.2) is 17.1 Å². The highest BCUT2D eigenvalue weighted by Crippen LogP contribution is 2.28. The lowest BCUT2D eigenvalue weighted by molar-refractivity contribution is 0.312. The molecule has 0 radical (unpaired) electrons. The molecule has 2 aliphatic heterocycles. The number of rotatable bonds is 4. The number of likely N-dealkylation sites (N-methyl/N-ethyl adjacent to an activating group) is 1. The second kappa shape index (κ2) is 8.16. The van der Waals surface area contributed by atoms with Gasteiger partial charge in [0.15, 0.2) is 0 Å². The van der Waals surface area contributed by atoms with Crippen LogP contribution >= 0.6 is 11.5 Å². The number of nitrogens with zero attached hydrogens (tertiary/aromatic N) is 7. The SMILES string of the molecule is CC(C)c1nsc(N2CCC[C@@H](n3ncc(N4CCN(C)CC4)cc3=O)C2)n1. The maximum Gasteiger partial charge on any atom is 0.269 e. The van der Waals surface area contributed by atoms with Gasteiger partial charge in [0.05, 0.1) is 17.9 Å².